The van der Waals surface area contributed by atoms with Crippen LogP contribution in [-0.2, 0) is 0 Å². The van der Waals surface area contributed by atoms with Gasteiger partial charge in [-0.2, -0.15) is 0 Å². The van der Waals surface area contributed by atoms with Gasteiger partial charge < -0.3 is 0 Å². The lowest BCUT2D eigenvalue weighted by Crippen LogP contribution is -1.91. The van der Waals surface area contributed by atoms with Gasteiger partial charge in [-0.1, -0.05) is 52.2 Å². The SMILES string of the molecule is CC/C=C/CC(C)CCCC. The van der Waals surface area contributed by atoms with Crippen LogP contribution in [0.2, 0.25) is 0 Å². The summed E-state index contributed by atoms with van der Waals surface area (Å²) in [5.41, 5.74) is 0. The highest BCUT2D eigenvalue weighted by Crippen LogP contribution is 2.11. The predicted molar refractivity (Wildman–Crippen MR) is 52.7 cm³/mol. The van der Waals surface area contributed by atoms with Gasteiger partial charge in [0, 0.05) is 0 Å². The first-order valence-corrected chi connectivity index (χ1v) is 4.96. The molecule has 0 heteroatoms. The minimum atomic E-state index is 0.887. The standard InChI is InChI=1S/C11H22/c1-4-6-8-10-11(3)9-7-5-2/h6,8,11H,4-5,7,9-10H2,1-3H3/b8-6+. The molecule has 0 saturated heterocycles. The van der Waals surface area contributed by atoms with Crippen molar-refractivity contribution in [1.82, 2.24) is 0 Å². The number of rotatable bonds is 6. The maximum atomic E-state index is 2.34. The molecule has 0 saturated carbocycles. The van der Waals surface area contributed by atoms with Crippen molar-refractivity contribution < 1.29 is 0 Å². The van der Waals surface area contributed by atoms with E-state index < -0.39 is 0 Å². The Labute approximate surface area is 71.7 Å². The van der Waals surface area contributed by atoms with E-state index in [-0.39, 0.29) is 0 Å². The topological polar surface area (TPSA) is 0 Å². The zero-order chi connectivity index (χ0) is 8.53. The van der Waals surface area contributed by atoms with Gasteiger partial charge in [-0.15, -0.1) is 0 Å². The van der Waals surface area contributed by atoms with E-state index >= 15 is 0 Å². The summed E-state index contributed by atoms with van der Waals surface area (Å²) >= 11 is 0. The van der Waals surface area contributed by atoms with Crippen molar-refractivity contribution in [3.05, 3.63) is 12.2 Å². The van der Waals surface area contributed by atoms with Gasteiger partial charge in [-0.3, -0.25) is 0 Å². The monoisotopic (exact) mass is 154 g/mol. The second-order valence-corrected chi connectivity index (χ2v) is 3.36. The second-order valence-electron chi connectivity index (χ2n) is 3.36. The highest BCUT2D eigenvalue weighted by molar-refractivity contribution is 4.81. The Morgan fingerprint density at radius 3 is 2.45 bits per heavy atom. The third kappa shape index (κ3) is 7.64. The fourth-order valence-corrected chi connectivity index (χ4v) is 1.17. The number of hydrogen-bond acceptors (Lipinski definition) is 0. The Kier molecular flexibility index (Phi) is 7.66. The van der Waals surface area contributed by atoms with Gasteiger partial charge in [0.25, 0.3) is 0 Å². The highest BCUT2D eigenvalue weighted by atomic mass is 14.0. The zero-order valence-electron chi connectivity index (χ0n) is 8.27. The number of unbranched alkanes of at least 4 members (excludes halogenated alkanes) is 1. The maximum Gasteiger partial charge on any atom is -0.0325 e. The smallest absolute Gasteiger partial charge is 0.0325 e. The lowest BCUT2D eigenvalue weighted by atomic mass is 10.0. The van der Waals surface area contributed by atoms with E-state index in [4.69, 9.17) is 0 Å². The van der Waals surface area contributed by atoms with Gasteiger partial charge in [-0.05, 0) is 18.8 Å². The van der Waals surface area contributed by atoms with Gasteiger partial charge in [-0.25, -0.2) is 0 Å². The molecule has 0 bridgehead atoms. The molecule has 0 heterocycles. The van der Waals surface area contributed by atoms with Crippen LogP contribution in [0.3, 0.4) is 0 Å². The highest BCUT2D eigenvalue weighted by Gasteiger charge is 1.96. The molecular formula is C11H22. The molecule has 0 radical (unpaired) electrons. The van der Waals surface area contributed by atoms with Crippen LogP contribution in [0, 0.1) is 5.92 Å². The summed E-state index contributed by atoms with van der Waals surface area (Å²) in [7, 11) is 0. The molecule has 0 aromatic heterocycles. The maximum absolute atomic E-state index is 2.34. The first-order chi connectivity index (χ1) is 5.31. The zero-order valence-corrected chi connectivity index (χ0v) is 8.27. The molecule has 0 aliphatic rings. The van der Waals surface area contributed by atoms with Gasteiger partial charge in [0.15, 0.2) is 0 Å². The van der Waals surface area contributed by atoms with E-state index in [0.29, 0.717) is 0 Å². The summed E-state index contributed by atoms with van der Waals surface area (Å²) in [6, 6.07) is 0. The first-order valence-electron chi connectivity index (χ1n) is 4.96. The molecule has 0 aromatic carbocycles. The van der Waals surface area contributed by atoms with Crippen molar-refractivity contribution in [3.8, 4) is 0 Å². The molecule has 1 atom stereocenters. The van der Waals surface area contributed by atoms with E-state index in [1.807, 2.05) is 0 Å². The minimum Gasteiger partial charge on any atom is -0.0888 e. The summed E-state index contributed by atoms with van der Waals surface area (Å²) in [4.78, 5) is 0. The van der Waals surface area contributed by atoms with E-state index in [0.717, 1.165) is 5.92 Å². The molecule has 66 valence electrons. The van der Waals surface area contributed by atoms with Crippen LogP contribution in [0.25, 0.3) is 0 Å². The lowest BCUT2D eigenvalue weighted by Gasteiger charge is -2.06. The third-order valence-corrected chi connectivity index (χ3v) is 1.99. The summed E-state index contributed by atoms with van der Waals surface area (Å²) in [5, 5.41) is 0. The predicted octanol–water partition coefficient (Wildman–Crippen LogP) is 4.17. The van der Waals surface area contributed by atoms with Crippen LogP contribution < -0.4 is 0 Å². The van der Waals surface area contributed by atoms with Crippen LogP contribution in [-0.4, -0.2) is 0 Å². The van der Waals surface area contributed by atoms with Gasteiger partial charge in [0.1, 0.15) is 0 Å². The van der Waals surface area contributed by atoms with Crippen molar-refractivity contribution in [1.29, 1.82) is 0 Å². The fourth-order valence-electron chi connectivity index (χ4n) is 1.17. The molecule has 0 aliphatic heterocycles. The molecule has 0 amide bonds. The Morgan fingerprint density at radius 2 is 1.91 bits per heavy atom. The van der Waals surface area contributed by atoms with Crippen LogP contribution >= 0.6 is 0 Å². The number of hydrogen-bond donors (Lipinski definition) is 0. The summed E-state index contributed by atoms with van der Waals surface area (Å²) < 4.78 is 0. The second kappa shape index (κ2) is 7.84. The summed E-state index contributed by atoms with van der Waals surface area (Å²) in [5.74, 6) is 0.887. The van der Waals surface area contributed by atoms with Gasteiger partial charge in [0.2, 0.25) is 0 Å². The number of allylic oxidation sites excluding steroid dienone is 2. The summed E-state index contributed by atoms with van der Waals surface area (Å²) in [6.07, 6.45) is 11.2. The average Bonchev–Trinajstić information content (AvgIpc) is 2.01. The molecule has 0 N–H and O–H groups in total. The van der Waals surface area contributed by atoms with Crippen LogP contribution in [0.5, 0.6) is 0 Å². The van der Waals surface area contributed by atoms with Crippen molar-refractivity contribution in [2.24, 2.45) is 5.92 Å². The third-order valence-electron chi connectivity index (χ3n) is 1.99. The van der Waals surface area contributed by atoms with Crippen LogP contribution in [0.4, 0.5) is 0 Å². The first kappa shape index (κ1) is 10.7. The molecule has 1 unspecified atom stereocenters. The van der Waals surface area contributed by atoms with E-state index in [1.54, 1.807) is 0 Å². The van der Waals surface area contributed by atoms with E-state index in [2.05, 4.69) is 32.9 Å². The molecule has 0 fully saturated rings. The lowest BCUT2D eigenvalue weighted by molar-refractivity contribution is 0.511. The Morgan fingerprint density at radius 1 is 1.18 bits per heavy atom. The Hall–Kier alpha value is -0.260. The summed E-state index contributed by atoms with van der Waals surface area (Å²) in [6.45, 7) is 6.79. The van der Waals surface area contributed by atoms with Crippen molar-refractivity contribution in [3.63, 3.8) is 0 Å². The van der Waals surface area contributed by atoms with Gasteiger partial charge >= 0.3 is 0 Å². The van der Waals surface area contributed by atoms with Crippen molar-refractivity contribution in [2.75, 3.05) is 0 Å². The Balaban J connectivity index is 3.21. The molecule has 0 rings (SSSR count). The van der Waals surface area contributed by atoms with Crippen LogP contribution in [0.15, 0.2) is 12.2 Å². The van der Waals surface area contributed by atoms with Gasteiger partial charge in [0.05, 0.1) is 0 Å². The van der Waals surface area contributed by atoms with E-state index in [9.17, 15) is 0 Å². The molecule has 0 nitrogen and oxygen atoms in total. The quantitative estimate of drug-likeness (QED) is 0.504. The molecule has 11 heavy (non-hydrogen) atoms. The molecule has 0 aromatic rings. The molecule has 0 aliphatic carbocycles. The normalized spacial score (nSPS) is 14.1. The molecular weight excluding hydrogens is 132 g/mol. The van der Waals surface area contributed by atoms with Crippen molar-refractivity contribution in [2.45, 2.75) is 52.9 Å². The Bertz CT molecular complexity index is 92.2. The van der Waals surface area contributed by atoms with E-state index in [1.165, 1.54) is 32.1 Å². The fraction of sp³-hybridized carbons (Fsp3) is 0.818. The van der Waals surface area contributed by atoms with Crippen molar-refractivity contribution >= 4 is 0 Å². The van der Waals surface area contributed by atoms with Crippen LogP contribution in [0.1, 0.15) is 52.9 Å². The largest absolute Gasteiger partial charge is 0.0888 e. The average molecular weight is 154 g/mol. The molecule has 0 spiro atoms. The minimum absolute atomic E-state index is 0.887.